The summed E-state index contributed by atoms with van der Waals surface area (Å²) in [5, 5.41) is 26.5. The highest BCUT2D eigenvalue weighted by Gasteiger charge is 2.39. The van der Waals surface area contributed by atoms with Crippen molar-refractivity contribution in [3.8, 4) is 44.5 Å². The molecule has 0 aliphatic carbocycles. The summed E-state index contributed by atoms with van der Waals surface area (Å²) in [6, 6.07) is 108. The van der Waals surface area contributed by atoms with E-state index in [9.17, 15) is 0 Å². The largest absolute Gasteiger partial charge is 1.00 e. The monoisotopic (exact) mass is 1390 g/mol. The van der Waals surface area contributed by atoms with Crippen LogP contribution in [0.1, 0.15) is 44.5 Å². The maximum atomic E-state index is 3.69. The molecular formula is C88H65Br3N2. The molecule has 1 N–H and O–H groups in total. The maximum absolute atomic E-state index is 3.69. The van der Waals surface area contributed by atoms with E-state index in [1.807, 2.05) is 0 Å². The Labute approximate surface area is 570 Å². The van der Waals surface area contributed by atoms with Crippen molar-refractivity contribution >= 4 is 118 Å². The number of fused-ring (bicyclic) bond motifs is 23. The number of quaternary nitrogens is 1. The molecule has 0 saturated carbocycles. The van der Waals surface area contributed by atoms with Crippen molar-refractivity contribution in [2.45, 2.75) is 49.9 Å². The normalized spacial score (nSPS) is 13.5. The van der Waals surface area contributed by atoms with Gasteiger partial charge in [0, 0.05) is 46.0 Å². The third-order valence-electron chi connectivity index (χ3n) is 20.1. The number of hydrogen-bond donors (Lipinski definition) is 1. The van der Waals surface area contributed by atoms with Crippen LogP contribution in [-0.4, -0.2) is 4.48 Å². The van der Waals surface area contributed by atoms with Gasteiger partial charge in [-0.15, -0.1) is 0 Å². The van der Waals surface area contributed by atoms with Gasteiger partial charge >= 0.3 is 0 Å². The Balaban J connectivity index is 0.000000121. The van der Waals surface area contributed by atoms with E-state index in [0.717, 1.165) is 54.4 Å². The van der Waals surface area contributed by atoms with Gasteiger partial charge in [0.25, 0.3) is 0 Å². The zero-order chi connectivity index (χ0) is 61.3. The van der Waals surface area contributed by atoms with Crippen molar-refractivity contribution in [1.82, 2.24) is 5.32 Å². The van der Waals surface area contributed by atoms with Gasteiger partial charge in [0.1, 0.15) is 26.2 Å². The smallest absolute Gasteiger partial charge is 0.106 e. The van der Waals surface area contributed by atoms with Crippen LogP contribution in [0.25, 0.3) is 131 Å². The fraction of sp³-hybridized carbons (Fsp3) is 0.0909. The molecule has 5 heteroatoms. The topological polar surface area (TPSA) is 12.0 Å². The van der Waals surface area contributed by atoms with Gasteiger partial charge in [-0.3, -0.25) is 0 Å². The molecular weight excluding hydrogens is 1320 g/mol. The predicted molar refractivity (Wildman–Crippen MR) is 398 cm³/mol. The Hall–Kier alpha value is -9.04. The molecule has 1 spiro atoms. The number of nitrogens with one attached hydrogen (secondary N) is 1. The first-order valence-electron chi connectivity index (χ1n) is 32.2. The minimum Gasteiger partial charge on any atom is -1.00 e. The van der Waals surface area contributed by atoms with Gasteiger partial charge in [-0.25, -0.2) is 0 Å². The molecule has 3 heterocycles. The number of rotatable bonds is 3. The zero-order valence-corrected chi connectivity index (χ0v) is 56.2. The average Bonchev–Trinajstić information content (AvgIpc) is 1.64. The van der Waals surface area contributed by atoms with Crippen LogP contribution in [0.5, 0.6) is 0 Å². The lowest BCUT2D eigenvalue weighted by molar-refractivity contribution is -0.977. The lowest BCUT2D eigenvalue weighted by Crippen LogP contribution is -3.00. The van der Waals surface area contributed by atoms with Crippen molar-refractivity contribution in [3.63, 3.8) is 0 Å². The Kier molecular flexibility index (Phi) is 15.7. The SMILES string of the molecule is BrCc1ccc2ccccc2c1-c1c(CBr)ccc2ccccc12.[Br-].c1ccc2c3c(ccc2c1)CNCc1ccc2ccccc2c1-3.c1ccc2c3c(ccc2c1)C[N+]1(Cc2ccc4ccccc4c2-3)Cc2ccc3ccccc3c2-c2c(ccc3ccccc23)C1. The molecule has 3 aliphatic rings. The highest BCUT2D eigenvalue weighted by Crippen LogP contribution is 2.50. The van der Waals surface area contributed by atoms with E-state index in [-0.39, 0.29) is 17.0 Å². The molecule has 3 aliphatic heterocycles. The molecule has 93 heavy (non-hydrogen) atoms. The van der Waals surface area contributed by atoms with Crippen LogP contribution in [0, 0.1) is 0 Å². The third-order valence-corrected chi connectivity index (χ3v) is 21.3. The lowest BCUT2D eigenvalue weighted by Gasteiger charge is -2.38. The fourth-order valence-corrected chi connectivity index (χ4v) is 17.0. The third kappa shape index (κ3) is 10.4. The molecule has 0 radical (unpaired) electrons. The minimum atomic E-state index is 0. The molecule has 16 aromatic rings. The van der Waals surface area contributed by atoms with E-state index in [4.69, 9.17) is 0 Å². The van der Waals surface area contributed by atoms with E-state index in [1.165, 1.54) is 175 Å². The molecule has 0 aromatic heterocycles. The molecule has 0 unspecified atom stereocenters. The molecule has 0 saturated heterocycles. The molecule has 2 nitrogen and oxygen atoms in total. The number of alkyl halides is 2. The Bertz CT molecular complexity index is 5110. The number of halogens is 3. The first kappa shape index (κ1) is 59.0. The molecule has 0 atom stereocenters. The summed E-state index contributed by atoms with van der Waals surface area (Å²) in [5.74, 6) is 0. The first-order valence-corrected chi connectivity index (χ1v) is 34.5. The number of benzene rings is 16. The second kappa shape index (κ2) is 24.8. The van der Waals surface area contributed by atoms with Crippen LogP contribution >= 0.6 is 31.9 Å². The molecule has 448 valence electrons. The summed E-state index contributed by atoms with van der Waals surface area (Å²) in [4.78, 5) is 0. The van der Waals surface area contributed by atoms with Crippen LogP contribution in [0.3, 0.4) is 0 Å². The predicted octanol–water partition coefficient (Wildman–Crippen LogP) is 20.9. The van der Waals surface area contributed by atoms with E-state index < -0.39 is 0 Å². The van der Waals surface area contributed by atoms with E-state index in [0.29, 0.717) is 0 Å². The van der Waals surface area contributed by atoms with Crippen LogP contribution in [0.15, 0.2) is 291 Å². The molecule has 0 bridgehead atoms. The second-order valence-electron chi connectivity index (χ2n) is 25.4. The molecule has 0 amide bonds. The first-order chi connectivity index (χ1) is 45.5. The van der Waals surface area contributed by atoms with Gasteiger partial charge in [0.15, 0.2) is 0 Å². The Morgan fingerprint density at radius 2 is 0.419 bits per heavy atom. The Morgan fingerprint density at radius 1 is 0.226 bits per heavy atom. The van der Waals surface area contributed by atoms with E-state index in [2.05, 4.69) is 328 Å². The summed E-state index contributed by atoms with van der Waals surface area (Å²) in [5.41, 5.74) is 22.4. The standard InChI is InChI=1S/C44H32N.C22H16Br2.C22H17N.BrH/c1-5-13-37-29(9-1)17-21-33-25-45(26-34-22-18-30-10-2-6-14-38(30)42(34)41(33)37)27-35-23-19-31-11-3-7-15-39(31)43(35)44-36(28-45)24-20-32-12-4-8-16-40(32)44;23-13-17-11-9-15-5-1-3-7-19(15)21(17)22-18(14-24)12-10-16-6-2-4-8-20(16)22;1-3-7-19-15(5-1)9-11-17-13-23-14-18-12-10-16-6-2-4-8-20(16)22(18)21(17)19;/h1-24H,25-28H2;1-12H,13-14H2;1-12,23H,13-14H2;1H/q+1;;;/p-1. The van der Waals surface area contributed by atoms with Crippen molar-refractivity contribution in [2.75, 3.05) is 0 Å². The van der Waals surface area contributed by atoms with Gasteiger partial charge in [-0.05, 0) is 153 Å². The van der Waals surface area contributed by atoms with Crippen LogP contribution in [0.4, 0.5) is 0 Å². The lowest BCUT2D eigenvalue weighted by atomic mass is 9.88. The summed E-state index contributed by atoms with van der Waals surface area (Å²) >= 11 is 7.38. The van der Waals surface area contributed by atoms with Gasteiger partial charge in [-0.1, -0.05) is 323 Å². The second-order valence-corrected chi connectivity index (χ2v) is 26.5. The minimum absolute atomic E-state index is 0. The van der Waals surface area contributed by atoms with E-state index >= 15 is 0 Å². The van der Waals surface area contributed by atoms with Crippen LogP contribution in [-0.2, 0) is 49.9 Å². The van der Waals surface area contributed by atoms with Gasteiger partial charge in [-0.2, -0.15) is 0 Å². The van der Waals surface area contributed by atoms with Crippen molar-refractivity contribution in [3.05, 3.63) is 336 Å². The van der Waals surface area contributed by atoms with Crippen molar-refractivity contribution < 1.29 is 21.5 Å². The highest BCUT2D eigenvalue weighted by molar-refractivity contribution is 9.08. The zero-order valence-electron chi connectivity index (χ0n) is 51.5. The molecule has 16 aromatic carbocycles. The van der Waals surface area contributed by atoms with Crippen molar-refractivity contribution in [1.29, 1.82) is 0 Å². The summed E-state index contributed by atoms with van der Waals surface area (Å²) in [6.45, 7) is 5.79. The fourth-order valence-electron chi connectivity index (χ4n) is 16.1. The molecule has 19 rings (SSSR count). The van der Waals surface area contributed by atoms with Gasteiger partial charge in [0.05, 0.1) is 0 Å². The summed E-state index contributed by atoms with van der Waals surface area (Å²) < 4.78 is 0.966. The van der Waals surface area contributed by atoms with E-state index in [1.54, 1.807) is 0 Å². The number of hydrogen-bond acceptors (Lipinski definition) is 1. The summed E-state index contributed by atoms with van der Waals surface area (Å²) in [7, 11) is 0. The van der Waals surface area contributed by atoms with Crippen LogP contribution < -0.4 is 22.3 Å². The highest BCUT2D eigenvalue weighted by atomic mass is 79.9. The quantitative estimate of drug-likeness (QED) is 0.137. The van der Waals surface area contributed by atoms with Gasteiger partial charge in [0.2, 0.25) is 0 Å². The van der Waals surface area contributed by atoms with Crippen LogP contribution in [0.2, 0.25) is 0 Å². The van der Waals surface area contributed by atoms with Gasteiger partial charge < -0.3 is 26.8 Å². The maximum Gasteiger partial charge on any atom is 0.106 e. The Morgan fingerprint density at radius 3 is 0.656 bits per heavy atom. The average molecular weight is 1390 g/mol. The molecule has 0 fully saturated rings. The van der Waals surface area contributed by atoms with Crippen molar-refractivity contribution in [2.24, 2.45) is 0 Å². The summed E-state index contributed by atoms with van der Waals surface area (Å²) in [6.07, 6.45) is 0. The number of nitrogens with zero attached hydrogens (tertiary/aromatic N) is 1.